The van der Waals surface area contributed by atoms with Crippen LogP contribution >= 0.6 is 11.6 Å². The van der Waals surface area contributed by atoms with E-state index in [9.17, 15) is 4.39 Å². The maximum atomic E-state index is 14.2. The number of nitrogens with one attached hydrogen (secondary N) is 1. The van der Waals surface area contributed by atoms with Crippen LogP contribution in [0.3, 0.4) is 0 Å². The summed E-state index contributed by atoms with van der Waals surface area (Å²) in [6.45, 7) is 4.80. The number of aromatic nitrogens is 1. The molecule has 0 radical (unpaired) electrons. The SMILES string of the molecule is CCNC(c1c(F)cccc1Cl)C(C)c1ccncc1. The van der Waals surface area contributed by atoms with Gasteiger partial charge in [-0.2, -0.15) is 0 Å². The lowest BCUT2D eigenvalue weighted by Crippen LogP contribution is -2.27. The lowest BCUT2D eigenvalue weighted by molar-refractivity contribution is 0.456. The summed E-state index contributed by atoms with van der Waals surface area (Å²) in [7, 11) is 0. The van der Waals surface area contributed by atoms with Crippen molar-refractivity contribution in [1.29, 1.82) is 0 Å². The summed E-state index contributed by atoms with van der Waals surface area (Å²) in [6.07, 6.45) is 3.50. The first-order chi connectivity index (χ1) is 9.65. The molecule has 0 saturated carbocycles. The number of benzene rings is 1. The summed E-state index contributed by atoms with van der Waals surface area (Å²) in [6, 6.07) is 8.53. The third-order valence-corrected chi connectivity index (χ3v) is 3.80. The summed E-state index contributed by atoms with van der Waals surface area (Å²) in [5.74, 6) is -0.184. The van der Waals surface area contributed by atoms with Gasteiger partial charge in [-0.25, -0.2) is 4.39 Å². The first-order valence-corrected chi connectivity index (χ1v) is 7.10. The van der Waals surface area contributed by atoms with Gasteiger partial charge in [-0.1, -0.05) is 31.5 Å². The molecule has 2 rings (SSSR count). The molecule has 0 bridgehead atoms. The summed E-state index contributed by atoms with van der Waals surface area (Å²) in [5.41, 5.74) is 1.63. The predicted molar refractivity (Wildman–Crippen MR) is 80.5 cm³/mol. The van der Waals surface area contributed by atoms with Crippen LogP contribution in [0.4, 0.5) is 4.39 Å². The van der Waals surface area contributed by atoms with Gasteiger partial charge in [-0.15, -0.1) is 0 Å². The molecule has 0 amide bonds. The fraction of sp³-hybridized carbons (Fsp3) is 0.312. The maximum Gasteiger partial charge on any atom is 0.129 e. The quantitative estimate of drug-likeness (QED) is 0.887. The van der Waals surface area contributed by atoms with Gasteiger partial charge in [0.25, 0.3) is 0 Å². The number of hydrogen-bond acceptors (Lipinski definition) is 2. The summed E-state index contributed by atoms with van der Waals surface area (Å²) in [4.78, 5) is 4.02. The average Bonchev–Trinajstić information content (AvgIpc) is 2.46. The molecule has 2 atom stereocenters. The normalized spacial score (nSPS) is 14.0. The Morgan fingerprint density at radius 1 is 1.25 bits per heavy atom. The highest BCUT2D eigenvalue weighted by molar-refractivity contribution is 6.31. The van der Waals surface area contributed by atoms with Crippen molar-refractivity contribution < 1.29 is 4.39 Å². The smallest absolute Gasteiger partial charge is 0.129 e. The largest absolute Gasteiger partial charge is 0.310 e. The van der Waals surface area contributed by atoms with Crippen LogP contribution in [0.15, 0.2) is 42.7 Å². The molecular weight excluding hydrogens is 275 g/mol. The summed E-state index contributed by atoms with van der Waals surface area (Å²) in [5, 5.41) is 3.79. The zero-order valence-corrected chi connectivity index (χ0v) is 12.4. The van der Waals surface area contributed by atoms with E-state index in [0.29, 0.717) is 10.6 Å². The average molecular weight is 293 g/mol. The van der Waals surface area contributed by atoms with Gasteiger partial charge in [0.05, 0.1) is 0 Å². The molecule has 1 aromatic carbocycles. The van der Waals surface area contributed by atoms with Crippen LogP contribution in [0.5, 0.6) is 0 Å². The van der Waals surface area contributed by atoms with Crippen LogP contribution in [-0.4, -0.2) is 11.5 Å². The van der Waals surface area contributed by atoms with Gasteiger partial charge in [0, 0.05) is 34.9 Å². The highest BCUT2D eigenvalue weighted by atomic mass is 35.5. The maximum absolute atomic E-state index is 14.2. The molecule has 0 fully saturated rings. The van der Waals surface area contributed by atoms with E-state index >= 15 is 0 Å². The van der Waals surface area contributed by atoms with E-state index in [1.54, 1.807) is 24.5 Å². The molecule has 4 heteroatoms. The topological polar surface area (TPSA) is 24.9 Å². The van der Waals surface area contributed by atoms with E-state index in [0.717, 1.165) is 12.1 Å². The number of hydrogen-bond donors (Lipinski definition) is 1. The van der Waals surface area contributed by atoms with Gasteiger partial charge in [0.15, 0.2) is 0 Å². The Labute approximate surface area is 124 Å². The molecule has 0 aliphatic heterocycles. The summed E-state index contributed by atoms with van der Waals surface area (Å²) >= 11 is 6.20. The van der Waals surface area contributed by atoms with Crippen LogP contribution in [0.2, 0.25) is 5.02 Å². The molecule has 20 heavy (non-hydrogen) atoms. The van der Waals surface area contributed by atoms with Crippen LogP contribution in [0.1, 0.15) is 36.9 Å². The third-order valence-electron chi connectivity index (χ3n) is 3.47. The van der Waals surface area contributed by atoms with Crippen LogP contribution in [-0.2, 0) is 0 Å². The van der Waals surface area contributed by atoms with Gasteiger partial charge in [-0.3, -0.25) is 4.98 Å². The number of nitrogens with zero attached hydrogens (tertiary/aromatic N) is 1. The number of rotatable bonds is 5. The van der Waals surface area contributed by atoms with E-state index in [1.807, 2.05) is 19.1 Å². The number of halogens is 2. The lowest BCUT2D eigenvalue weighted by Gasteiger charge is -2.26. The molecule has 0 aliphatic rings. The van der Waals surface area contributed by atoms with Crippen molar-refractivity contribution in [3.63, 3.8) is 0 Å². The third kappa shape index (κ3) is 3.17. The molecule has 2 nitrogen and oxygen atoms in total. The van der Waals surface area contributed by atoms with Crippen molar-refractivity contribution in [3.05, 3.63) is 64.7 Å². The van der Waals surface area contributed by atoms with Crippen molar-refractivity contribution >= 4 is 11.6 Å². The minimum absolute atomic E-state index is 0.0901. The van der Waals surface area contributed by atoms with E-state index in [1.165, 1.54) is 6.07 Å². The fourth-order valence-corrected chi connectivity index (χ4v) is 2.70. The second kappa shape index (κ2) is 6.82. The van der Waals surface area contributed by atoms with Gasteiger partial charge >= 0.3 is 0 Å². The predicted octanol–water partition coefficient (Wildman–Crippen LogP) is 4.33. The molecule has 0 spiro atoms. The van der Waals surface area contributed by atoms with Crippen LogP contribution < -0.4 is 5.32 Å². The Balaban J connectivity index is 2.41. The van der Waals surface area contributed by atoms with Crippen molar-refractivity contribution in [2.45, 2.75) is 25.8 Å². The molecule has 0 aliphatic carbocycles. The molecule has 2 unspecified atom stereocenters. The Bertz CT molecular complexity index is 539. The number of pyridine rings is 1. The van der Waals surface area contributed by atoms with Gasteiger partial charge in [0.2, 0.25) is 0 Å². The minimum Gasteiger partial charge on any atom is -0.310 e. The van der Waals surface area contributed by atoms with Gasteiger partial charge in [0.1, 0.15) is 5.82 Å². The number of likely N-dealkylation sites (N-methyl/N-ethyl adjacent to an activating group) is 1. The monoisotopic (exact) mass is 292 g/mol. The van der Waals surface area contributed by atoms with Gasteiger partial charge in [-0.05, 0) is 36.4 Å². The van der Waals surface area contributed by atoms with Crippen molar-refractivity contribution in [2.24, 2.45) is 0 Å². The van der Waals surface area contributed by atoms with E-state index in [2.05, 4.69) is 17.2 Å². The van der Waals surface area contributed by atoms with E-state index in [-0.39, 0.29) is 17.8 Å². The molecule has 1 heterocycles. The zero-order chi connectivity index (χ0) is 14.5. The highest BCUT2D eigenvalue weighted by Gasteiger charge is 2.25. The second-order valence-corrected chi connectivity index (χ2v) is 5.15. The molecule has 1 N–H and O–H groups in total. The molecule has 106 valence electrons. The van der Waals surface area contributed by atoms with E-state index in [4.69, 9.17) is 11.6 Å². The second-order valence-electron chi connectivity index (χ2n) is 4.74. The standard InChI is InChI=1S/C16H18ClFN2/c1-3-20-16(11(2)12-7-9-19-10-8-12)15-13(17)5-4-6-14(15)18/h4-11,16,20H,3H2,1-2H3. The first kappa shape index (κ1) is 14.9. The van der Waals surface area contributed by atoms with E-state index < -0.39 is 0 Å². The van der Waals surface area contributed by atoms with Crippen LogP contribution in [0.25, 0.3) is 0 Å². The Hall–Kier alpha value is -1.45. The fourth-order valence-electron chi connectivity index (χ4n) is 2.42. The molecule has 1 aromatic heterocycles. The zero-order valence-electron chi connectivity index (χ0n) is 11.6. The van der Waals surface area contributed by atoms with Crippen molar-refractivity contribution in [2.75, 3.05) is 6.54 Å². The van der Waals surface area contributed by atoms with Crippen molar-refractivity contribution in [1.82, 2.24) is 10.3 Å². The van der Waals surface area contributed by atoms with Crippen molar-refractivity contribution in [3.8, 4) is 0 Å². The lowest BCUT2D eigenvalue weighted by atomic mass is 9.88. The molecule has 0 saturated heterocycles. The summed E-state index contributed by atoms with van der Waals surface area (Å²) < 4.78 is 14.2. The molecular formula is C16H18ClFN2. The molecule has 2 aromatic rings. The first-order valence-electron chi connectivity index (χ1n) is 6.72. The highest BCUT2D eigenvalue weighted by Crippen LogP contribution is 2.35. The Morgan fingerprint density at radius 3 is 2.55 bits per heavy atom. The van der Waals surface area contributed by atoms with Gasteiger partial charge < -0.3 is 5.32 Å². The Kier molecular flexibility index (Phi) is 5.10. The van der Waals surface area contributed by atoms with Crippen LogP contribution in [0, 0.1) is 5.82 Å². The minimum atomic E-state index is -0.274. The Morgan fingerprint density at radius 2 is 1.95 bits per heavy atom.